The minimum Gasteiger partial charge on any atom is -0.313 e. The Labute approximate surface area is 92.6 Å². The van der Waals surface area contributed by atoms with Gasteiger partial charge in [-0.2, -0.15) is 0 Å². The van der Waals surface area contributed by atoms with Gasteiger partial charge in [0.05, 0.1) is 0 Å². The third-order valence-electron chi connectivity index (χ3n) is 4.23. The molecule has 0 amide bonds. The molecular formula is C12H22ClN. The van der Waals surface area contributed by atoms with E-state index in [1.54, 1.807) is 0 Å². The monoisotopic (exact) mass is 215 g/mol. The van der Waals surface area contributed by atoms with E-state index in [9.17, 15) is 0 Å². The standard InChI is InChI=1S/C12H22ClN/c1-2-12(7-13)14-8-11-6-9-3-4-10(11)5-9/h9-12,14H,2-8H2,1H3. The van der Waals surface area contributed by atoms with Crippen molar-refractivity contribution in [1.29, 1.82) is 0 Å². The summed E-state index contributed by atoms with van der Waals surface area (Å²) in [6.07, 6.45) is 7.16. The molecule has 2 aliphatic rings. The smallest absolute Gasteiger partial charge is 0.0377 e. The fourth-order valence-corrected chi connectivity index (χ4v) is 3.58. The summed E-state index contributed by atoms with van der Waals surface area (Å²) in [5.74, 6) is 3.84. The average molecular weight is 216 g/mol. The van der Waals surface area contributed by atoms with Crippen LogP contribution in [0.3, 0.4) is 0 Å². The fourth-order valence-electron chi connectivity index (χ4n) is 3.25. The number of fused-ring (bicyclic) bond motifs is 2. The molecule has 4 atom stereocenters. The van der Waals surface area contributed by atoms with Crippen LogP contribution < -0.4 is 5.32 Å². The fraction of sp³-hybridized carbons (Fsp3) is 1.00. The highest BCUT2D eigenvalue weighted by Crippen LogP contribution is 2.47. The van der Waals surface area contributed by atoms with Crippen LogP contribution in [-0.4, -0.2) is 18.5 Å². The van der Waals surface area contributed by atoms with Gasteiger partial charge in [0, 0.05) is 11.9 Å². The number of rotatable bonds is 5. The van der Waals surface area contributed by atoms with Crippen LogP contribution >= 0.6 is 11.6 Å². The maximum absolute atomic E-state index is 5.87. The summed E-state index contributed by atoms with van der Waals surface area (Å²) in [4.78, 5) is 0. The molecule has 2 heteroatoms. The molecule has 0 radical (unpaired) electrons. The second-order valence-electron chi connectivity index (χ2n) is 5.10. The molecule has 0 aromatic rings. The van der Waals surface area contributed by atoms with E-state index in [1.165, 1.54) is 32.2 Å². The molecule has 1 N–H and O–H groups in total. The molecule has 2 saturated carbocycles. The Bertz CT molecular complexity index is 179. The third-order valence-corrected chi connectivity index (χ3v) is 4.60. The van der Waals surface area contributed by atoms with Crippen molar-refractivity contribution in [3.05, 3.63) is 0 Å². The van der Waals surface area contributed by atoms with Crippen molar-refractivity contribution in [2.24, 2.45) is 17.8 Å². The predicted molar refractivity (Wildman–Crippen MR) is 61.7 cm³/mol. The molecule has 2 aliphatic carbocycles. The van der Waals surface area contributed by atoms with Crippen molar-refractivity contribution in [2.45, 2.75) is 45.1 Å². The molecule has 2 fully saturated rings. The summed E-state index contributed by atoms with van der Waals surface area (Å²) in [5, 5.41) is 3.61. The van der Waals surface area contributed by atoms with Crippen LogP contribution in [0.25, 0.3) is 0 Å². The maximum Gasteiger partial charge on any atom is 0.0377 e. The molecule has 0 heterocycles. The lowest BCUT2D eigenvalue weighted by molar-refractivity contribution is 0.308. The number of halogens is 1. The molecule has 2 rings (SSSR count). The van der Waals surface area contributed by atoms with E-state index in [-0.39, 0.29) is 0 Å². The summed E-state index contributed by atoms with van der Waals surface area (Å²) in [7, 11) is 0. The van der Waals surface area contributed by atoms with E-state index in [2.05, 4.69) is 12.2 Å². The van der Waals surface area contributed by atoms with Crippen molar-refractivity contribution in [3.63, 3.8) is 0 Å². The molecule has 14 heavy (non-hydrogen) atoms. The Kier molecular flexibility index (Phi) is 3.73. The van der Waals surface area contributed by atoms with Crippen molar-refractivity contribution in [3.8, 4) is 0 Å². The van der Waals surface area contributed by atoms with Gasteiger partial charge in [-0.1, -0.05) is 13.3 Å². The van der Waals surface area contributed by atoms with E-state index >= 15 is 0 Å². The maximum atomic E-state index is 5.87. The van der Waals surface area contributed by atoms with Gasteiger partial charge in [-0.05, 0) is 50.0 Å². The Balaban J connectivity index is 1.71. The van der Waals surface area contributed by atoms with Gasteiger partial charge < -0.3 is 5.32 Å². The SMILES string of the molecule is CCC(CCl)NCC1CC2CCC1C2. The van der Waals surface area contributed by atoms with E-state index in [0.29, 0.717) is 6.04 Å². The Morgan fingerprint density at radius 2 is 2.21 bits per heavy atom. The topological polar surface area (TPSA) is 12.0 Å². The molecule has 0 aromatic heterocycles. The van der Waals surface area contributed by atoms with Crippen LogP contribution in [0.4, 0.5) is 0 Å². The van der Waals surface area contributed by atoms with E-state index in [4.69, 9.17) is 11.6 Å². The van der Waals surface area contributed by atoms with Crippen molar-refractivity contribution in [1.82, 2.24) is 5.32 Å². The molecule has 0 aromatic carbocycles. The van der Waals surface area contributed by atoms with Crippen LogP contribution in [0, 0.1) is 17.8 Å². The zero-order valence-electron chi connectivity index (χ0n) is 9.14. The van der Waals surface area contributed by atoms with Crippen molar-refractivity contribution < 1.29 is 0 Å². The van der Waals surface area contributed by atoms with E-state index in [1.807, 2.05) is 0 Å². The second kappa shape index (κ2) is 4.85. The summed E-state index contributed by atoms with van der Waals surface area (Å²) < 4.78 is 0. The Morgan fingerprint density at radius 3 is 2.71 bits per heavy atom. The first kappa shape index (κ1) is 10.8. The van der Waals surface area contributed by atoms with Gasteiger partial charge in [-0.25, -0.2) is 0 Å². The summed E-state index contributed by atoms with van der Waals surface area (Å²) in [6, 6.07) is 0.538. The van der Waals surface area contributed by atoms with E-state index in [0.717, 1.165) is 30.1 Å². The van der Waals surface area contributed by atoms with E-state index < -0.39 is 0 Å². The first-order chi connectivity index (χ1) is 6.83. The summed E-state index contributed by atoms with van der Waals surface area (Å²) in [5.41, 5.74) is 0. The van der Waals surface area contributed by atoms with Crippen LogP contribution in [0.1, 0.15) is 39.0 Å². The van der Waals surface area contributed by atoms with Crippen molar-refractivity contribution in [2.75, 3.05) is 12.4 Å². The lowest BCUT2D eigenvalue weighted by Crippen LogP contribution is -2.35. The number of hydrogen-bond donors (Lipinski definition) is 1. The first-order valence-corrected chi connectivity index (χ1v) is 6.66. The lowest BCUT2D eigenvalue weighted by atomic mass is 9.88. The number of nitrogens with one attached hydrogen (secondary N) is 1. The Morgan fingerprint density at radius 1 is 1.36 bits per heavy atom. The normalized spacial score (nSPS) is 37.7. The molecule has 0 spiro atoms. The van der Waals surface area contributed by atoms with Gasteiger partial charge in [-0.3, -0.25) is 0 Å². The largest absolute Gasteiger partial charge is 0.313 e. The number of hydrogen-bond acceptors (Lipinski definition) is 1. The number of alkyl halides is 1. The molecule has 1 nitrogen and oxygen atoms in total. The molecule has 2 bridgehead atoms. The van der Waals surface area contributed by atoms with Gasteiger partial charge in [0.1, 0.15) is 0 Å². The molecular weight excluding hydrogens is 194 g/mol. The molecule has 82 valence electrons. The van der Waals surface area contributed by atoms with Gasteiger partial charge in [0.2, 0.25) is 0 Å². The van der Waals surface area contributed by atoms with Crippen molar-refractivity contribution >= 4 is 11.6 Å². The molecule has 0 saturated heterocycles. The zero-order chi connectivity index (χ0) is 9.97. The highest BCUT2D eigenvalue weighted by molar-refractivity contribution is 6.18. The highest BCUT2D eigenvalue weighted by atomic mass is 35.5. The molecule has 4 unspecified atom stereocenters. The van der Waals surface area contributed by atoms with Crippen LogP contribution in [0.15, 0.2) is 0 Å². The average Bonchev–Trinajstić information content (AvgIpc) is 2.80. The van der Waals surface area contributed by atoms with Crippen LogP contribution in [0.2, 0.25) is 0 Å². The highest BCUT2D eigenvalue weighted by Gasteiger charge is 2.39. The summed E-state index contributed by atoms with van der Waals surface area (Å²) in [6.45, 7) is 3.42. The summed E-state index contributed by atoms with van der Waals surface area (Å²) >= 11 is 5.87. The third kappa shape index (κ3) is 2.25. The first-order valence-electron chi connectivity index (χ1n) is 6.12. The van der Waals surface area contributed by atoms with Crippen LogP contribution in [-0.2, 0) is 0 Å². The minimum atomic E-state index is 0.538. The minimum absolute atomic E-state index is 0.538. The molecule has 0 aliphatic heterocycles. The quantitative estimate of drug-likeness (QED) is 0.696. The van der Waals surface area contributed by atoms with Gasteiger partial charge >= 0.3 is 0 Å². The van der Waals surface area contributed by atoms with Gasteiger partial charge in [0.25, 0.3) is 0 Å². The van der Waals surface area contributed by atoms with Crippen LogP contribution in [0.5, 0.6) is 0 Å². The van der Waals surface area contributed by atoms with Gasteiger partial charge in [-0.15, -0.1) is 11.6 Å². The Hall–Kier alpha value is 0.250. The predicted octanol–water partition coefficient (Wildman–Crippen LogP) is 3.03. The zero-order valence-corrected chi connectivity index (χ0v) is 9.89. The second-order valence-corrected chi connectivity index (χ2v) is 5.41. The van der Waals surface area contributed by atoms with Gasteiger partial charge in [0.15, 0.2) is 0 Å². The lowest BCUT2D eigenvalue weighted by Gasteiger charge is -2.24.